The van der Waals surface area contributed by atoms with Gasteiger partial charge in [-0.25, -0.2) is 8.42 Å². The topological polar surface area (TPSA) is 66.9 Å². The molecule has 0 radical (unpaired) electrons. The lowest BCUT2D eigenvalue weighted by Gasteiger charge is -2.34. The Labute approximate surface area is 168 Å². The average Bonchev–Trinajstić information content (AvgIpc) is 2.69. The monoisotopic (exact) mass is 424 g/mol. The molecule has 29 heavy (non-hydrogen) atoms. The predicted molar refractivity (Wildman–Crippen MR) is 104 cm³/mol. The van der Waals surface area contributed by atoms with Gasteiger partial charge in [0.25, 0.3) is 5.91 Å². The van der Waals surface area contributed by atoms with E-state index in [1.54, 1.807) is 18.2 Å². The van der Waals surface area contributed by atoms with Gasteiger partial charge in [0.1, 0.15) is 5.75 Å². The fraction of sp³-hybridized carbons (Fsp3) is 0.350. The van der Waals surface area contributed by atoms with Crippen LogP contribution in [0.1, 0.15) is 21.5 Å². The molecule has 1 heterocycles. The Balaban J connectivity index is 1.68. The quantitative estimate of drug-likeness (QED) is 0.740. The summed E-state index contributed by atoms with van der Waals surface area (Å²) in [6, 6.07) is 10.6. The highest BCUT2D eigenvalue weighted by Gasteiger charge is 2.30. The molecule has 0 atom stereocenters. The van der Waals surface area contributed by atoms with Gasteiger partial charge in [-0.05, 0) is 55.3 Å². The number of carbonyl (C=O) groups is 1. The van der Waals surface area contributed by atoms with Gasteiger partial charge in [-0.2, -0.15) is 13.1 Å². The van der Waals surface area contributed by atoms with Gasteiger partial charge in [0.2, 0.25) is 10.0 Å². The summed E-state index contributed by atoms with van der Waals surface area (Å²) in [5, 5.41) is 0. The van der Waals surface area contributed by atoms with E-state index >= 15 is 0 Å². The van der Waals surface area contributed by atoms with Gasteiger partial charge in [-0.3, -0.25) is 4.79 Å². The van der Waals surface area contributed by atoms with Crippen molar-refractivity contribution in [1.82, 2.24) is 9.21 Å². The number of halogens is 2. The smallest absolute Gasteiger partial charge is 0.387 e. The maximum absolute atomic E-state index is 12.9. The van der Waals surface area contributed by atoms with Crippen LogP contribution >= 0.6 is 0 Å². The lowest BCUT2D eigenvalue weighted by Crippen LogP contribution is -2.50. The normalized spacial score (nSPS) is 15.6. The van der Waals surface area contributed by atoms with Crippen LogP contribution in [0.3, 0.4) is 0 Å². The van der Waals surface area contributed by atoms with Crippen LogP contribution in [0.15, 0.2) is 47.4 Å². The third-order valence-electron chi connectivity index (χ3n) is 4.95. The van der Waals surface area contributed by atoms with Crippen LogP contribution < -0.4 is 4.74 Å². The van der Waals surface area contributed by atoms with Gasteiger partial charge in [-0.15, -0.1) is 0 Å². The molecule has 1 fully saturated rings. The maximum Gasteiger partial charge on any atom is 0.387 e. The highest BCUT2D eigenvalue weighted by atomic mass is 32.2. The number of ether oxygens (including phenoxy) is 1. The molecular weight excluding hydrogens is 402 g/mol. The zero-order valence-electron chi connectivity index (χ0n) is 16.1. The minimum absolute atomic E-state index is 0.0956. The van der Waals surface area contributed by atoms with Crippen molar-refractivity contribution in [1.29, 1.82) is 0 Å². The van der Waals surface area contributed by atoms with Crippen LogP contribution in [-0.4, -0.2) is 56.3 Å². The molecule has 9 heteroatoms. The molecular formula is C20H22F2N2O4S. The summed E-state index contributed by atoms with van der Waals surface area (Å²) >= 11 is 0. The van der Waals surface area contributed by atoms with Crippen molar-refractivity contribution in [3.63, 3.8) is 0 Å². The first-order chi connectivity index (χ1) is 13.7. The minimum Gasteiger partial charge on any atom is -0.435 e. The third kappa shape index (κ3) is 4.73. The van der Waals surface area contributed by atoms with E-state index in [9.17, 15) is 22.0 Å². The van der Waals surface area contributed by atoms with Crippen molar-refractivity contribution in [2.24, 2.45) is 0 Å². The summed E-state index contributed by atoms with van der Waals surface area (Å²) < 4.78 is 56.2. The molecule has 0 spiro atoms. The highest BCUT2D eigenvalue weighted by Crippen LogP contribution is 2.22. The zero-order chi connectivity index (χ0) is 21.2. The van der Waals surface area contributed by atoms with E-state index in [0.717, 1.165) is 11.1 Å². The summed E-state index contributed by atoms with van der Waals surface area (Å²) in [6.07, 6.45) is 0. The van der Waals surface area contributed by atoms with Crippen molar-refractivity contribution < 1.29 is 26.7 Å². The molecule has 0 bridgehead atoms. The Morgan fingerprint density at radius 1 is 1.00 bits per heavy atom. The summed E-state index contributed by atoms with van der Waals surface area (Å²) in [5.74, 6) is -0.449. The van der Waals surface area contributed by atoms with Gasteiger partial charge >= 0.3 is 6.61 Å². The van der Waals surface area contributed by atoms with Gasteiger partial charge in [0.15, 0.2) is 0 Å². The zero-order valence-corrected chi connectivity index (χ0v) is 17.0. The molecule has 6 nitrogen and oxygen atoms in total. The number of hydrogen-bond donors (Lipinski definition) is 0. The molecule has 0 aromatic heterocycles. The number of hydrogen-bond acceptors (Lipinski definition) is 4. The summed E-state index contributed by atoms with van der Waals surface area (Å²) in [5.41, 5.74) is 2.12. The average molecular weight is 424 g/mol. The molecule has 0 N–H and O–H groups in total. The number of rotatable bonds is 5. The molecule has 156 valence electrons. The van der Waals surface area contributed by atoms with E-state index in [4.69, 9.17) is 0 Å². The Kier molecular flexibility index (Phi) is 6.18. The van der Waals surface area contributed by atoms with E-state index < -0.39 is 16.6 Å². The second-order valence-electron chi connectivity index (χ2n) is 6.85. The highest BCUT2D eigenvalue weighted by molar-refractivity contribution is 7.89. The van der Waals surface area contributed by atoms with E-state index in [1.165, 1.54) is 33.5 Å². The molecule has 0 unspecified atom stereocenters. The Morgan fingerprint density at radius 2 is 1.69 bits per heavy atom. The van der Waals surface area contributed by atoms with Crippen LogP contribution in [0, 0.1) is 13.8 Å². The van der Waals surface area contributed by atoms with Crippen molar-refractivity contribution >= 4 is 15.9 Å². The van der Waals surface area contributed by atoms with Gasteiger partial charge in [-0.1, -0.05) is 12.1 Å². The molecule has 1 saturated heterocycles. The van der Waals surface area contributed by atoms with E-state index in [0.29, 0.717) is 0 Å². The van der Waals surface area contributed by atoms with Gasteiger partial charge in [0.05, 0.1) is 4.90 Å². The first-order valence-electron chi connectivity index (χ1n) is 9.10. The SMILES string of the molecule is Cc1ccc(S(=O)(=O)N2CCN(C(=O)c3cccc(OC(F)F)c3)CC2)cc1C. The number of nitrogens with zero attached hydrogens (tertiary/aromatic N) is 2. The van der Waals surface area contributed by atoms with Crippen LogP contribution in [0.2, 0.25) is 0 Å². The first-order valence-corrected chi connectivity index (χ1v) is 10.5. The number of sulfonamides is 1. The van der Waals surface area contributed by atoms with E-state index in [1.807, 2.05) is 13.8 Å². The summed E-state index contributed by atoms with van der Waals surface area (Å²) in [4.78, 5) is 14.4. The number of amides is 1. The Hall–Kier alpha value is -2.52. The fourth-order valence-corrected chi connectivity index (χ4v) is 4.65. The van der Waals surface area contributed by atoms with Crippen LogP contribution in [0.25, 0.3) is 0 Å². The molecule has 3 rings (SSSR count). The van der Waals surface area contributed by atoms with Crippen molar-refractivity contribution in [2.75, 3.05) is 26.2 Å². The molecule has 0 aliphatic carbocycles. The molecule has 1 aliphatic heterocycles. The standard InChI is InChI=1S/C20H22F2N2O4S/c1-14-6-7-18(12-15(14)2)29(26,27)24-10-8-23(9-11-24)19(25)16-4-3-5-17(13-16)28-20(21)22/h3-7,12-13,20H,8-11H2,1-2H3. The van der Waals surface area contributed by atoms with Gasteiger partial charge in [0, 0.05) is 31.7 Å². The lowest BCUT2D eigenvalue weighted by molar-refractivity contribution is -0.0499. The van der Waals surface area contributed by atoms with Crippen molar-refractivity contribution in [3.8, 4) is 5.75 Å². The second kappa shape index (κ2) is 8.46. The third-order valence-corrected chi connectivity index (χ3v) is 6.84. The maximum atomic E-state index is 12.9. The molecule has 0 saturated carbocycles. The number of benzene rings is 2. The number of carbonyl (C=O) groups excluding carboxylic acids is 1. The fourth-order valence-electron chi connectivity index (χ4n) is 3.14. The largest absolute Gasteiger partial charge is 0.435 e. The number of alkyl halides is 2. The number of aryl methyl sites for hydroxylation is 2. The van der Waals surface area contributed by atoms with E-state index in [-0.39, 0.29) is 48.3 Å². The van der Waals surface area contributed by atoms with Gasteiger partial charge < -0.3 is 9.64 Å². The van der Waals surface area contributed by atoms with Crippen molar-refractivity contribution in [3.05, 3.63) is 59.2 Å². The number of piperazine rings is 1. The molecule has 2 aromatic carbocycles. The lowest BCUT2D eigenvalue weighted by atomic mass is 10.1. The summed E-state index contributed by atoms with van der Waals surface area (Å²) in [7, 11) is -3.64. The Bertz CT molecular complexity index is 1000. The first kappa shape index (κ1) is 21.2. The second-order valence-corrected chi connectivity index (χ2v) is 8.79. The van der Waals surface area contributed by atoms with Crippen LogP contribution in [0.5, 0.6) is 5.75 Å². The molecule has 1 amide bonds. The summed E-state index contributed by atoms with van der Waals surface area (Å²) in [6.45, 7) is 1.54. The molecule has 2 aromatic rings. The molecule has 1 aliphatic rings. The Morgan fingerprint density at radius 3 is 2.31 bits per heavy atom. The van der Waals surface area contributed by atoms with Crippen molar-refractivity contribution in [2.45, 2.75) is 25.4 Å². The van der Waals surface area contributed by atoms with E-state index in [2.05, 4.69) is 4.74 Å². The minimum atomic E-state index is -3.64. The predicted octanol–water partition coefficient (Wildman–Crippen LogP) is 3.05. The van der Waals surface area contributed by atoms with Crippen LogP contribution in [-0.2, 0) is 10.0 Å². The van der Waals surface area contributed by atoms with Crippen LogP contribution in [0.4, 0.5) is 8.78 Å².